The third-order valence-electron chi connectivity index (χ3n) is 4.90. The van der Waals surface area contributed by atoms with E-state index in [9.17, 15) is 5.11 Å². The van der Waals surface area contributed by atoms with Gasteiger partial charge in [-0.2, -0.15) is 0 Å². The van der Waals surface area contributed by atoms with Crippen molar-refractivity contribution in [3.63, 3.8) is 0 Å². The van der Waals surface area contributed by atoms with Gasteiger partial charge in [0.25, 0.3) is 0 Å². The van der Waals surface area contributed by atoms with Crippen LogP contribution in [0.5, 0.6) is 0 Å². The Morgan fingerprint density at radius 3 is 2.39 bits per heavy atom. The first kappa shape index (κ1) is 18.5. The highest BCUT2D eigenvalue weighted by molar-refractivity contribution is 5.80. The van der Waals surface area contributed by atoms with Crippen molar-refractivity contribution in [2.45, 2.75) is 89.4 Å². The van der Waals surface area contributed by atoms with Gasteiger partial charge in [-0.25, -0.2) is 0 Å². The fraction of sp³-hybridized carbons (Fsp3) is 0.944. The Balaban J connectivity index is 1.68. The summed E-state index contributed by atoms with van der Waals surface area (Å²) in [6, 6.07) is 0.430. The number of hydrogen-bond acceptors (Lipinski definition) is 3. The lowest BCUT2D eigenvalue weighted by molar-refractivity contribution is 0.0487. The molecule has 0 spiro atoms. The van der Waals surface area contributed by atoms with Crippen LogP contribution >= 0.6 is 0 Å². The minimum absolute atomic E-state index is 0.111. The number of nitrogens with one attached hydrogen (secondary N) is 2. The van der Waals surface area contributed by atoms with Crippen LogP contribution in [0.4, 0.5) is 0 Å². The Labute approximate surface area is 141 Å². The summed E-state index contributed by atoms with van der Waals surface area (Å²) in [5.41, 5.74) is 0. The number of ether oxygens (including phenoxy) is 1. The second kappa shape index (κ2) is 10.9. The fourth-order valence-corrected chi connectivity index (χ4v) is 3.52. The van der Waals surface area contributed by atoms with Gasteiger partial charge in [0.15, 0.2) is 5.96 Å². The Morgan fingerprint density at radius 1 is 1.04 bits per heavy atom. The van der Waals surface area contributed by atoms with Gasteiger partial charge >= 0.3 is 0 Å². The van der Waals surface area contributed by atoms with E-state index in [0.29, 0.717) is 25.3 Å². The molecule has 0 unspecified atom stereocenters. The van der Waals surface area contributed by atoms with Crippen LogP contribution in [0.2, 0.25) is 0 Å². The van der Waals surface area contributed by atoms with Crippen molar-refractivity contribution in [1.82, 2.24) is 10.6 Å². The normalized spacial score (nSPS) is 27.5. The molecule has 5 nitrogen and oxygen atoms in total. The molecule has 0 heterocycles. The molecule has 0 saturated heterocycles. The van der Waals surface area contributed by atoms with Gasteiger partial charge in [-0.05, 0) is 45.4 Å². The molecule has 2 rings (SSSR count). The highest BCUT2D eigenvalue weighted by atomic mass is 16.5. The fourth-order valence-electron chi connectivity index (χ4n) is 3.52. The molecule has 2 saturated carbocycles. The summed E-state index contributed by atoms with van der Waals surface area (Å²) in [4.78, 5) is 4.64. The first-order valence-corrected chi connectivity index (χ1v) is 9.62. The summed E-state index contributed by atoms with van der Waals surface area (Å²) in [5.74, 6) is 0.887. The molecule has 5 heteroatoms. The maximum Gasteiger partial charge on any atom is 0.191 e. The van der Waals surface area contributed by atoms with E-state index in [1.54, 1.807) is 0 Å². The van der Waals surface area contributed by atoms with E-state index in [-0.39, 0.29) is 6.10 Å². The molecular weight excluding hydrogens is 290 g/mol. The predicted molar refractivity (Wildman–Crippen MR) is 94.8 cm³/mol. The molecule has 2 aliphatic carbocycles. The summed E-state index contributed by atoms with van der Waals surface area (Å²) < 4.78 is 6.00. The van der Waals surface area contributed by atoms with Crippen molar-refractivity contribution in [2.24, 2.45) is 4.99 Å². The Kier molecular flexibility index (Phi) is 8.76. The van der Waals surface area contributed by atoms with E-state index in [1.165, 1.54) is 38.5 Å². The van der Waals surface area contributed by atoms with E-state index < -0.39 is 0 Å². The molecule has 0 amide bonds. The SMILES string of the molecule is CCNC(=NCCOC1CCCCCC1)NC1CCC(O)CC1. The second-order valence-corrected chi connectivity index (χ2v) is 6.89. The van der Waals surface area contributed by atoms with Crippen molar-refractivity contribution in [2.75, 3.05) is 19.7 Å². The van der Waals surface area contributed by atoms with Crippen LogP contribution in [0.25, 0.3) is 0 Å². The van der Waals surface area contributed by atoms with Crippen LogP contribution in [0.15, 0.2) is 4.99 Å². The number of aliphatic imine (C=N–C) groups is 1. The number of aliphatic hydroxyl groups is 1. The summed E-state index contributed by atoms with van der Waals surface area (Å²) in [6.07, 6.45) is 11.9. The van der Waals surface area contributed by atoms with E-state index in [2.05, 4.69) is 22.5 Å². The van der Waals surface area contributed by atoms with Gasteiger partial charge in [-0.15, -0.1) is 0 Å². The quantitative estimate of drug-likeness (QED) is 0.304. The van der Waals surface area contributed by atoms with Gasteiger partial charge < -0.3 is 20.5 Å². The number of hydrogen-bond donors (Lipinski definition) is 3. The number of aliphatic hydroxyl groups excluding tert-OH is 1. The molecule has 0 aromatic carbocycles. The molecule has 0 atom stereocenters. The van der Waals surface area contributed by atoms with Crippen LogP contribution < -0.4 is 10.6 Å². The molecule has 0 radical (unpaired) electrons. The molecule has 3 N–H and O–H groups in total. The molecule has 2 aliphatic rings. The molecule has 134 valence electrons. The first-order valence-electron chi connectivity index (χ1n) is 9.62. The average molecular weight is 325 g/mol. The second-order valence-electron chi connectivity index (χ2n) is 6.89. The lowest BCUT2D eigenvalue weighted by Gasteiger charge is -2.27. The molecule has 23 heavy (non-hydrogen) atoms. The monoisotopic (exact) mass is 325 g/mol. The molecule has 0 aromatic rings. The molecular formula is C18H35N3O2. The van der Waals surface area contributed by atoms with Crippen molar-refractivity contribution in [1.29, 1.82) is 0 Å². The smallest absolute Gasteiger partial charge is 0.191 e. The Hall–Kier alpha value is -0.810. The summed E-state index contributed by atoms with van der Waals surface area (Å²) in [7, 11) is 0. The zero-order chi connectivity index (χ0) is 16.3. The van der Waals surface area contributed by atoms with Gasteiger partial charge in [-0.3, -0.25) is 4.99 Å². The van der Waals surface area contributed by atoms with Crippen LogP contribution in [0.1, 0.15) is 71.1 Å². The van der Waals surface area contributed by atoms with E-state index in [1.807, 2.05) is 0 Å². The van der Waals surface area contributed by atoms with Gasteiger partial charge in [0.05, 0.1) is 25.4 Å². The highest BCUT2D eigenvalue weighted by Gasteiger charge is 2.20. The van der Waals surface area contributed by atoms with Crippen LogP contribution in [0.3, 0.4) is 0 Å². The third-order valence-corrected chi connectivity index (χ3v) is 4.90. The van der Waals surface area contributed by atoms with Crippen LogP contribution in [0, 0.1) is 0 Å². The number of rotatable bonds is 6. The molecule has 0 aromatic heterocycles. The first-order chi connectivity index (χ1) is 11.3. The van der Waals surface area contributed by atoms with Gasteiger partial charge in [-0.1, -0.05) is 25.7 Å². The lowest BCUT2D eigenvalue weighted by Crippen LogP contribution is -2.45. The van der Waals surface area contributed by atoms with Gasteiger partial charge in [0.2, 0.25) is 0 Å². The standard InChI is InChI=1S/C18H35N3O2/c1-2-19-18(21-15-9-11-16(22)12-10-15)20-13-14-23-17-7-5-3-4-6-8-17/h15-17,22H,2-14H2,1H3,(H2,19,20,21). The van der Waals surface area contributed by atoms with E-state index in [0.717, 1.165) is 38.2 Å². The summed E-state index contributed by atoms with van der Waals surface area (Å²) in [6.45, 7) is 4.38. The van der Waals surface area contributed by atoms with E-state index >= 15 is 0 Å². The highest BCUT2D eigenvalue weighted by Crippen LogP contribution is 2.20. The minimum Gasteiger partial charge on any atom is -0.393 e. The van der Waals surface area contributed by atoms with Crippen molar-refractivity contribution in [3.8, 4) is 0 Å². The number of nitrogens with zero attached hydrogens (tertiary/aromatic N) is 1. The zero-order valence-electron chi connectivity index (χ0n) is 14.7. The maximum atomic E-state index is 9.59. The maximum absolute atomic E-state index is 9.59. The van der Waals surface area contributed by atoms with Crippen LogP contribution in [-0.2, 0) is 4.74 Å². The Morgan fingerprint density at radius 2 is 1.74 bits per heavy atom. The minimum atomic E-state index is -0.111. The summed E-state index contributed by atoms with van der Waals surface area (Å²) in [5, 5.41) is 16.4. The Bertz CT molecular complexity index is 333. The topological polar surface area (TPSA) is 65.9 Å². The molecule has 2 fully saturated rings. The third kappa shape index (κ3) is 7.53. The molecule has 0 bridgehead atoms. The predicted octanol–water partition coefficient (Wildman–Crippen LogP) is 2.58. The largest absolute Gasteiger partial charge is 0.393 e. The summed E-state index contributed by atoms with van der Waals surface area (Å²) >= 11 is 0. The van der Waals surface area contributed by atoms with Crippen molar-refractivity contribution < 1.29 is 9.84 Å². The number of guanidine groups is 1. The van der Waals surface area contributed by atoms with Crippen molar-refractivity contribution >= 4 is 5.96 Å². The van der Waals surface area contributed by atoms with Gasteiger partial charge in [0.1, 0.15) is 0 Å². The van der Waals surface area contributed by atoms with E-state index in [4.69, 9.17) is 4.74 Å². The average Bonchev–Trinajstić information content (AvgIpc) is 2.82. The van der Waals surface area contributed by atoms with Gasteiger partial charge in [0, 0.05) is 12.6 Å². The molecule has 0 aliphatic heterocycles. The lowest BCUT2D eigenvalue weighted by atomic mass is 9.93. The van der Waals surface area contributed by atoms with Crippen LogP contribution in [-0.4, -0.2) is 49.0 Å². The van der Waals surface area contributed by atoms with Crippen molar-refractivity contribution in [3.05, 3.63) is 0 Å². The zero-order valence-corrected chi connectivity index (χ0v) is 14.7.